The van der Waals surface area contributed by atoms with E-state index >= 15 is 0 Å². The van der Waals surface area contributed by atoms with Crippen molar-refractivity contribution in [2.24, 2.45) is 0 Å². The van der Waals surface area contributed by atoms with Crippen LogP contribution in [-0.2, 0) is 20.8 Å². The van der Waals surface area contributed by atoms with Crippen LogP contribution in [-0.4, -0.2) is 27.9 Å². The van der Waals surface area contributed by atoms with Gasteiger partial charge >= 0.3 is 5.97 Å². The minimum Gasteiger partial charge on any atom is -0.481 e. The molecule has 0 aromatic heterocycles. The lowest BCUT2D eigenvalue weighted by molar-refractivity contribution is -0.148. The van der Waals surface area contributed by atoms with Gasteiger partial charge in [0.05, 0.1) is 0 Å². The van der Waals surface area contributed by atoms with Crippen LogP contribution in [0.2, 0.25) is 0 Å². The molecule has 5 heteroatoms. The molecule has 0 unspecified atom stereocenters. The number of rotatable bonds is 3. The van der Waals surface area contributed by atoms with Gasteiger partial charge in [-0.1, -0.05) is 30.3 Å². The van der Waals surface area contributed by atoms with E-state index in [0.717, 1.165) is 12.5 Å². The largest absolute Gasteiger partial charge is 0.481 e. The highest BCUT2D eigenvalue weighted by Gasteiger charge is 2.10. The fourth-order valence-corrected chi connectivity index (χ4v) is 0.857. The molecule has 2 N–H and O–H groups in total. The van der Waals surface area contributed by atoms with E-state index in [1.807, 2.05) is 6.07 Å². The highest BCUT2D eigenvalue weighted by Crippen LogP contribution is 1.99. The van der Waals surface area contributed by atoms with Crippen molar-refractivity contribution in [3.63, 3.8) is 0 Å². The Bertz CT molecular complexity index is 365. The minimum atomic E-state index is -1.38. The third kappa shape index (κ3) is 7.25. The van der Waals surface area contributed by atoms with Crippen molar-refractivity contribution in [1.82, 2.24) is 0 Å². The number of carbonyl (C=O) groups excluding carboxylic acids is 1. The predicted octanol–water partition coefficient (Wildman–Crippen LogP) is 0.974. The summed E-state index contributed by atoms with van der Waals surface area (Å²) in [6.45, 7) is 1.08. The van der Waals surface area contributed by atoms with Gasteiger partial charge in [-0.3, -0.25) is 9.59 Å². The Balaban J connectivity index is 0.000000487. The van der Waals surface area contributed by atoms with Crippen LogP contribution < -0.4 is 0 Å². The van der Waals surface area contributed by atoms with Gasteiger partial charge in [0.2, 0.25) is 5.78 Å². The molecule has 5 nitrogen and oxygen atoms in total. The molecule has 16 heavy (non-hydrogen) atoms. The monoisotopic (exact) mass is 224 g/mol. The van der Waals surface area contributed by atoms with Crippen LogP contribution in [0.3, 0.4) is 0 Å². The van der Waals surface area contributed by atoms with Crippen molar-refractivity contribution >= 4 is 17.7 Å². The topological polar surface area (TPSA) is 91.7 Å². The van der Waals surface area contributed by atoms with E-state index in [2.05, 4.69) is 0 Å². The molecule has 0 heterocycles. The van der Waals surface area contributed by atoms with Crippen molar-refractivity contribution in [3.8, 4) is 0 Å². The van der Waals surface area contributed by atoms with Gasteiger partial charge < -0.3 is 10.2 Å². The summed E-state index contributed by atoms with van der Waals surface area (Å²) in [5.41, 5.74) is 0.727. The molecule has 0 fully saturated rings. The number of aliphatic carboxylic acids is 2. The van der Waals surface area contributed by atoms with Crippen LogP contribution in [0.5, 0.6) is 0 Å². The number of hydrogen-bond acceptors (Lipinski definition) is 3. The maximum atomic E-state index is 10.7. The molecule has 1 aromatic rings. The van der Waals surface area contributed by atoms with Crippen LogP contribution in [0.4, 0.5) is 0 Å². The number of carboxylic acids is 2. The fourth-order valence-electron chi connectivity index (χ4n) is 0.857. The highest BCUT2D eigenvalue weighted by atomic mass is 16.4. The highest BCUT2D eigenvalue weighted by molar-refractivity contribution is 6.33. The molecule has 0 saturated heterocycles. The molecule has 0 saturated carbocycles. The molecule has 0 bridgehead atoms. The van der Waals surface area contributed by atoms with Crippen LogP contribution in [0, 0.1) is 0 Å². The van der Waals surface area contributed by atoms with E-state index in [-0.39, 0.29) is 6.42 Å². The summed E-state index contributed by atoms with van der Waals surface area (Å²) in [4.78, 5) is 29.9. The second-order valence-corrected chi connectivity index (χ2v) is 2.91. The lowest BCUT2D eigenvalue weighted by atomic mass is 10.1. The summed E-state index contributed by atoms with van der Waals surface area (Å²) in [7, 11) is 0. The Hall–Kier alpha value is -2.17. The molecule has 0 aliphatic heterocycles. The van der Waals surface area contributed by atoms with Crippen LogP contribution >= 0.6 is 0 Å². The first-order valence-corrected chi connectivity index (χ1v) is 4.43. The van der Waals surface area contributed by atoms with Crippen molar-refractivity contribution in [2.75, 3.05) is 0 Å². The van der Waals surface area contributed by atoms with E-state index in [0.29, 0.717) is 0 Å². The summed E-state index contributed by atoms with van der Waals surface area (Å²) in [5, 5.41) is 15.7. The van der Waals surface area contributed by atoms with Gasteiger partial charge in [-0.05, 0) is 5.56 Å². The van der Waals surface area contributed by atoms with Crippen molar-refractivity contribution in [1.29, 1.82) is 0 Å². The second-order valence-electron chi connectivity index (χ2n) is 2.91. The first kappa shape index (κ1) is 13.8. The Kier molecular flexibility index (Phi) is 6.19. The van der Waals surface area contributed by atoms with Gasteiger partial charge in [-0.15, -0.1) is 0 Å². The molecule has 0 amide bonds. The maximum absolute atomic E-state index is 10.7. The maximum Gasteiger partial charge on any atom is 0.372 e. The zero-order chi connectivity index (χ0) is 12.6. The molecule has 86 valence electrons. The molecule has 1 aromatic carbocycles. The predicted molar refractivity (Wildman–Crippen MR) is 56.1 cm³/mol. The van der Waals surface area contributed by atoms with Gasteiger partial charge in [0.25, 0.3) is 5.97 Å². The third-order valence-corrected chi connectivity index (χ3v) is 1.45. The minimum absolute atomic E-state index is 0.0316. The van der Waals surface area contributed by atoms with E-state index in [1.54, 1.807) is 24.3 Å². The zero-order valence-electron chi connectivity index (χ0n) is 8.71. The van der Waals surface area contributed by atoms with Crippen LogP contribution in [0.15, 0.2) is 30.3 Å². The Morgan fingerprint density at radius 2 is 1.50 bits per heavy atom. The van der Waals surface area contributed by atoms with Crippen LogP contribution in [0.1, 0.15) is 12.5 Å². The Labute approximate surface area is 92.3 Å². The summed E-state index contributed by atoms with van der Waals surface area (Å²) < 4.78 is 0. The van der Waals surface area contributed by atoms with E-state index in [9.17, 15) is 9.59 Å². The average molecular weight is 224 g/mol. The quantitative estimate of drug-likeness (QED) is 0.746. The first-order valence-electron chi connectivity index (χ1n) is 4.43. The van der Waals surface area contributed by atoms with Gasteiger partial charge in [0, 0.05) is 13.3 Å². The molecule has 0 atom stereocenters. The number of hydrogen-bond donors (Lipinski definition) is 2. The molecule has 0 radical (unpaired) electrons. The van der Waals surface area contributed by atoms with Gasteiger partial charge in [0.15, 0.2) is 0 Å². The molecule has 1 rings (SSSR count). The van der Waals surface area contributed by atoms with Crippen molar-refractivity contribution in [3.05, 3.63) is 35.9 Å². The molecular weight excluding hydrogens is 212 g/mol. The van der Waals surface area contributed by atoms with E-state index in [4.69, 9.17) is 15.0 Å². The SMILES string of the molecule is CC(=O)O.O=C(O)C(=O)Cc1ccccc1. The standard InChI is InChI=1S/C9H8O3.C2H4O2/c10-8(9(11)12)6-7-4-2-1-3-5-7;1-2(3)4/h1-5H,6H2,(H,11,12);1H3,(H,3,4). The number of ketones is 1. The molecular formula is C11H12O5. The van der Waals surface area contributed by atoms with E-state index < -0.39 is 17.7 Å². The smallest absolute Gasteiger partial charge is 0.372 e. The van der Waals surface area contributed by atoms with Crippen LogP contribution in [0.25, 0.3) is 0 Å². The fraction of sp³-hybridized carbons (Fsp3) is 0.182. The molecule has 0 spiro atoms. The van der Waals surface area contributed by atoms with Gasteiger partial charge in [0.1, 0.15) is 0 Å². The molecule has 0 aliphatic carbocycles. The summed E-state index contributed by atoms with van der Waals surface area (Å²) >= 11 is 0. The third-order valence-electron chi connectivity index (χ3n) is 1.45. The zero-order valence-corrected chi connectivity index (χ0v) is 8.71. The lowest BCUT2D eigenvalue weighted by Crippen LogP contribution is -2.14. The Morgan fingerprint density at radius 1 is 1.06 bits per heavy atom. The number of carbonyl (C=O) groups is 3. The van der Waals surface area contributed by atoms with Crippen molar-refractivity contribution < 1.29 is 24.6 Å². The van der Waals surface area contributed by atoms with E-state index in [1.165, 1.54) is 0 Å². The normalized spacial score (nSPS) is 8.56. The number of Topliss-reactive ketones (excluding diaryl/α,β-unsaturated/α-hetero) is 1. The van der Waals surface area contributed by atoms with Crippen molar-refractivity contribution in [2.45, 2.75) is 13.3 Å². The number of benzene rings is 1. The first-order chi connectivity index (χ1) is 7.43. The summed E-state index contributed by atoms with van der Waals surface area (Å²) in [6, 6.07) is 8.80. The molecule has 0 aliphatic rings. The second kappa shape index (κ2) is 7.17. The summed E-state index contributed by atoms with van der Waals surface area (Å²) in [5.74, 6) is -2.99. The number of carboxylic acid groups (broad SMARTS) is 2. The summed E-state index contributed by atoms with van der Waals surface area (Å²) in [6.07, 6.45) is -0.0316. The lowest BCUT2D eigenvalue weighted by Gasteiger charge is -1.94. The average Bonchev–Trinajstić information content (AvgIpc) is 2.18. The van der Waals surface area contributed by atoms with Gasteiger partial charge in [-0.2, -0.15) is 0 Å². The van der Waals surface area contributed by atoms with Gasteiger partial charge in [-0.25, -0.2) is 4.79 Å². The Morgan fingerprint density at radius 3 is 1.88 bits per heavy atom.